The zero-order valence-electron chi connectivity index (χ0n) is 16.4. The molecule has 2 heterocycles. The van der Waals surface area contributed by atoms with Crippen molar-refractivity contribution in [3.8, 4) is 0 Å². The van der Waals surface area contributed by atoms with Gasteiger partial charge in [0.15, 0.2) is 0 Å². The first-order chi connectivity index (χ1) is 14.0. The van der Waals surface area contributed by atoms with Crippen molar-refractivity contribution in [2.75, 3.05) is 11.9 Å². The van der Waals surface area contributed by atoms with E-state index in [4.69, 9.17) is 0 Å². The van der Waals surface area contributed by atoms with E-state index in [2.05, 4.69) is 15.5 Å². The van der Waals surface area contributed by atoms with Crippen molar-refractivity contribution in [2.24, 2.45) is 0 Å². The summed E-state index contributed by atoms with van der Waals surface area (Å²) in [6, 6.07) is 15.0. The first-order valence-electron chi connectivity index (χ1n) is 9.60. The molecular weight excluding hydrogens is 384 g/mol. The molecule has 29 heavy (non-hydrogen) atoms. The Kier molecular flexibility index (Phi) is 5.40. The number of hydrogen-bond acceptors (Lipinski definition) is 5. The third kappa shape index (κ3) is 4.19. The van der Waals surface area contributed by atoms with Crippen molar-refractivity contribution in [3.63, 3.8) is 0 Å². The van der Waals surface area contributed by atoms with Crippen LogP contribution in [-0.4, -0.2) is 33.5 Å². The number of nitrogens with one attached hydrogen (secondary N) is 1. The van der Waals surface area contributed by atoms with Gasteiger partial charge in [-0.05, 0) is 51.0 Å². The quantitative estimate of drug-likeness (QED) is 0.697. The van der Waals surface area contributed by atoms with E-state index in [0.29, 0.717) is 22.1 Å². The van der Waals surface area contributed by atoms with Gasteiger partial charge in [0.05, 0.1) is 6.04 Å². The lowest BCUT2D eigenvalue weighted by Gasteiger charge is -2.22. The van der Waals surface area contributed by atoms with Gasteiger partial charge < -0.3 is 10.2 Å². The second-order valence-electron chi connectivity index (χ2n) is 7.29. The summed E-state index contributed by atoms with van der Waals surface area (Å²) in [4.78, 5) is 27.3. The molecule has 7 heteroatoms. The van der Waals surface area contributed by atoms with Gasteiger partial charge in [-0.25, -0.2) is 0 Å². The van der Waals surface area contributed by atoms with Crippen molar-refractivity contribution >= 4 is 28.8 Å². The predicted molar refractivity (Wildman–Crippen MR) is 113 cm³/mol. The molecule has 1 atom stereocenters. The fourth-order valence-corrected chi connectivity index (χ4v) is 4.30. The molecule has 1 unspecified atom stereocenters. The number of nitrogens with zero attached hydrogens (tertiary/aromatic N) is 3. The summed E-state index contributed by atoms with van der Waals surface area (Å²) in [5, 5.41) is 12.1. The summed E-state index contributed by atoms with van der Waals surface area (Å²) in [5.41, 5.74) is 3.63. The summed E-state index contributed by atoms with van der Waals surface area (Å²) in [6.07, 6.45) is 1.73. The Hall–Kier alpha value is -3.06. The number of carbonyl (C=O) groups excluding carboxylic acids is 2. The van der Waals surface area contributed by atoms with Gasteiger partial charge in [0.1, 0.15) is 5.01 Å². The van der Waals surface area contributed by atoms with Crippen LogP contribution in [0.5, 0.6) is 0 Å². The van der Waals surface area contributed by atoms with Gasteiger partial charge in [-0.3, -0.25) is 9.59 Å². The van der Waals surface area contributed by atoms with Crippen LogP contribution in [0.1, 0.15) is 55.2 Å². The Labute approximate surface area is 173 Å². The molecule has 1 N–H and O–H groups in total. The number of benzene rings is 2. The van der Waals surface area contributed by atoms with Gasteiger partial charge in [0.2, 0.25) is 5.01 Å². The van der Waals surface area contributed by atoms with Gasteiger partial charge in [0, 0.05) is 17.8 Å². The third-order valence-electron chi connectivity index (χ3n) is 5.04. The summed E-state index contributed by atoms with van der Waals surface area (Å²) in [6.45, 7) is 4.67. The Balaban J connectivity index is 1.49. The van der Waals surface area contributed by atoms with Crippen molar-refractivity contribution < 1.29 is 9.59 Å². The smallest absolute Gasteiger partial charge is 0.286 e. The number of amides is 2. The molecule has 1 aliphatic heterocycles. The first kappa shape index (κ1) is 19.3. The molecule has 4 rings (SSSR count). The van der Waals surface area contributed by atoms with Gasteiger partial charge >= 0.3 is 0 Å². The van der Waals surface area contributed by atoms with Crippen LogP contribution >= 0.6 is 11.3 Å². The average Bonchev–Trinajstić information content (AvgIpc) is 3.39. The first-order valence-corrected chi connectivity index (χ1v) is 10.4. The van der Waals surface area contributed by atoms with Gasteiger partial charge in [0.25, 0.3) is 11.8 Å². The number of anilines is 1. The van der Waals surface area contributed by atoms with Gasteiger partial charge in [-0.2, -0.15) is 0 Å². The molecule has 6 nitrogen and oxygen atoms in total. The van der Waals surface area contributed by atoms with E-state index in [9.17, 15) is 9.59 Å². The zero-order chi connectivity index (χ0) is 20.4. The molecule has 0 bridgehead atoms. The largest absolute Gasteiger partial charge is 0.329 e. The molecule has 1 aliphatic rings. The Morgan fingerprint density at radius 3 is 2.34 bits per heavy atom. The molecule has 0 radical (unpaired) electrons. The normalized spacial score (nSPS) is 16.1. The second kappa shape index (κ2) is 8.13. The van der Waals surface area contributed by atoms with Crippen LogP contribution in [0.15, 0.2) is 48.5 Å². The highest BCUT2D eigenvalue weighted by Crippen LogP contribution is 2.34. The monoisotopic (exact) mass is 406 g/mol. The van der Waals surface area contributed by atoms with E-state index in [1.165, 1.54) is 11.3 Å². The zero-order valence-corrected chi connectivity index (χ0v) is 17.2. The molecule has 148 valence electrons. The minimum absolute atomic E-state index is 0.00615. The fraction of sp³-hybridized carbons (Fsp3) is 0.273. The minimum atomic E-state index is -0.285. The van der Waals surface area contributed by atoms with E-state index in [0.717, 1.165) is 29.7 Å². The lowest BCUT2D eigenvalue weighted by atomic mass is 10.1. The van der Waals surface area contributed by atoms with Crippen molar-refractivity contribution in [2.45, 2.75) is 32.7 Å². The van der Waals surface area contributed by atoms with Crippen LogP contribution in [0.2, 0.25) is 0 Å². The Morgan fingerprint density at radius 1 is 1.00 bits per heavy atom. The highest BCUT2D eigenvalue weighted by Gasteiger charge is 2.33. The molecule has 0 aliphatic carbocycles. The van der Waals surface area contributed by atoms with Crippen LogP contribution < -0.4 is 5.32 Å². The maximum atomic E-state index is 13.0. The second-order valence-corrected chi connectivity index (χ2v) is 8.30. The van der Waals surface area contributed by atoms with Crippen LogP contribution in [0.3, 0.4) is 0 Å². The standard InChI is InChI=1S/C22H22N4O2S/c1-14-5-9-16(10-6-14)22(28)26-13-3-4-18(26)20-24-25-21(29-20)19(27)23-17-11-7-15(2)8-12-17/h5-12,18H,3-4,13H2,1-2H3,(H,23,27). The molecule has 2 aromatic carbocycles. The lowest BCUT2D eigenvalue weighted by molar-refractivity contribution is 0.0735. The summed E-state index contributed by atoms with van der Waals surface area (Å²) in [7, 11) is 0. The SMILES string of the molecule is Cc1ccc(NC(=O)c2nnc(C3CCCN3C(=O)c3ccc(C)cc3)s2)cc1. The molecule has 1 aromatic heterocycles. The highest BCUT2D eigenvalue weighted by molar-refractivity contribution is 7.13. The molecule has 3 aromatic rings. The van der Waals surface area contributed by atoms with E-state index in [1.54, 1.807) is 0 Å². The van der Waals surface area contributed by atoms with Crippen LogP contribution in [0.4, 0.5) is 5.69 Å². The predicted octanol–water partition coefficient (Wildman–Crippen LogP) is 4.38. The molecule has 0 spiro atoms. The van der Waals surface area contributed by atoms with Gasteiger partial charge in [-0.1, -0.05) is 46.7 Å². The lowest BCUT2D eigenvalue weighted by Crippen LogP contribution is -2.30. The van der Waals surface area contributed by atoms with E-state index >= 15 is 0 Å². The maximum absolute atomic E-state index is 13.0. The van der Waals surface area contributed by atoms with Crippen molar-refractivity contribution in [1.29, 1.82) is 0 Å². The van der Waals surface area contributed by atoms with E-state index in [-0.39, 0.29) is 17.9 Å². The fourth-order valence-electron chi connectivity index (χ4n) is 3.41. The third-order valence-corrected chi connectivity index (χ3v) is 6.06. The number of aromatic nitrogens is 2. The van der Waals surface area contributed by atoms with Gasteiger partial charge in [-0.15, -0.1) is 10.2 Å². The molecule has 0 saturated carbocycles. The average molecular weight is 407 g/mol. The number of likely N-dealkylation sites (tertiary alicyclic amines) is 1. The number of rotatable bonds is 4. The van der Waals surface area contributed by atoms with E-state index < -0.39 is 0 Å². The number of hydrogen-bond donors (Lipinski definition) is 1. The van der Waals surface area contributed by atoms with Crippen LogP contribution in [0, 0.1) is 13.8 Å². The number of carbonyl (C=O) groups is 2. The minimum Gasteiger partial charge on any atom is -0.329 e. The van der Waals surface area contributed by atoms with Crippen LogP contribution in [-0.2, 0) is 0 Å². The Morgan fingerprint density at radius 2 is 1.66 bits per heavy atom. The molecule has 1 fully saturated rings. The number of aryl methyl sites for hydroxylation is 2. The van der Waals surface area contributed by atoms with E-state index in [1.807, 2.05) is 67.3 Å². The molecule has 2 amide bonds. The Bertz CT molecular complexity index is 1030. The van der Waals surface area contributed by atoms with Crippen molar-refractivity contribution in [1.82, 2.24) is 15.1 Å². The van der Waals surface area contributed by atoms with Crippen LogP contribution in [0.25, 0.3) is 0 Å². The molecule has 1 saturated heterocycles. The molecular formula is C22H22N4O2S. The summed E-state index contributed by atoms with van der Waals surface area (Å²) >= 11 is 1.25. The summed E-state index contributed by atoms with van der Waals surface area (Å²) < 4.78 is 0. The topological polar surface area (TPSA) is 75.2 Å². The summed E-state index contributed by atoms with van der Waals surface area (Å²) in [5.74, 6) is -0.291. The van der Waals surface area contributed by atoms with Crippen molar-refractivity contribution in [3.05, 3.63) is 75.2 Å². The maximum Gasteiger partial charge on any atom is 0.286 e. The highest BCUT2D eigenvalue weighted by atomic mass is 32.1.